The molecule has 0 heterocycles. The van der Waals surface area contributed by atoms with Crippen LogP contribution in [0.25, 0.3) is 0 Å². The van der Waals surface area contributed by atoms with Crippen LogP contribution in [-0.4, -0.2) is 37.2 Å². The van der Waals surface area contributed by atoms with Gasteiger partial charge in [-0.05, 0) is 148 Å². The second-order valence-corrected chi connectivity index (χ2v) is 20.6. The van der Waals surface area contributed by atoms with Gasteiger partial charge in [0.2, 0.25) is 0 Å². The van der Waals surface area contributed by atoms with E-state index in [1.807, 2.05) is 0 Å². The van der Waals surface area contributed by atoms with E-state index in [1.165, 1.54) is 70.6 Å². The summed E-state index contributed by atoms with van der Waals surface area (Å²) in [5, 5.41) is 0. The summed E-state index contributed by atoms with van der Waals surface area (Å²) in [5.41, 5.74) is 0. The quantitative estimate of drug-likeness (QED) is 0.0261. The zero-order valence-electron chi connectivity index (χ0n) is 50.8. The summed E-state index contributed by atoms with van der Waals surface area (Å²) >= 11 is 0. The molecule has 444 valence electrons. The van der Waals surface area contributed by atoms with Gasteiger partial charge in [-0.2, -0.15) is 0 Å². The van der Waals surface area contributed by atoms with E-state index in [9.17, 15) is 14.4 Å². The number of ether oxygens (including phenoxy) is 3. The molecule has 0 N–H and O–H groups in total. The maximum absolute atomic E-state index is 12.9. The number of allylic oxidation sites excluding steroid dienone is 26. The highest BCUT2D eigenvalue weighted by Crippen LogP contribution is 2.14. The van der Waals surface area contributed by atoms with Gasteiger partial charge < -0.3 is 14.2 Å². The first-order chi connectivity index (χ1) is 39.0. The highest BCUT2D eigenvalue weighted by molar-refractivity contribution is 5.71. The molecule has 0 radical (unpaired) electrons. The van der Waals surface area contributed by atoms with Crippen molar-refractivity contribution < 1.29 is 28.6 Å². The van der Waals surface area contributed by atoms with Crippen LogP contribution >= 0.6 is 0 Å². The SMILES string of the molecule is CC/C=C\C/C=C\C/C=C\C/C=C\C/C=C\C/C=C\C/C=C\C/C=C\C/C=C\C/C=C\CCCCC(=O)OCC(COC(=O)CCCCCCC/C=C\CCC)OC(=O)CCCCCCCCC/C=C\C/C=C\CCCCCC. The molecule has 0 spiro atoms. The Hall–Kier alpha value is -4.97. The third-order valence-corrected chi connectivity index (χ3v) is 13.0. The Morgan fingerprint density at radius 2 is 0.519 bits per heavy atom. The standard InChI is InChI=1S/C73H116O6/c1-4-7-10-13-16-19-22-24-26-28-30-31-32-33-34-35-36-37-38-39-40-41-42-43-44-46-47-49-51-54-57-60-63-66-72(75)78-69-70(68-77-71(74)65-62-59-56-53-21-18-15-12-9-6-3)79-73(76)67-64-61-58-55-52-50-48-45-29-27-25-23-20-17-14-11-8-5-2/h7,10,12,15-16,19-20,23-24,26-27,29-31,33-34,36-37,39-40,42-43,46-47,51,54,70H,4-6,8-9,11,13-14,17-18,21-22,25,28,32,35,38,41,44-45,48-50,52-53,55-69H2,1-3H3/b10-7-,15-12-,19-16-,23-20-,26-24-,29-27-,31-30-,34-33-,37-36-,40-39-,43-42-,47-46-,54-51-. The highest BCUT2D eigenvalue weighted by Gasteiger charge is 2.19. The van der Waals surface area contributed by atoms with E-state index in [1.54, 1.807) is 0 Å². The van der Waals surface area contributed by atoms with Crippen molar-refractivity contribution in [1.82, 2.24) is 0 Å². The third kappa shape index (κ3) is 63.7. The van der Waals surface area contributed by atoms with Crippen LogP contribution in [0.5, 0.6) is 0 Å². The van der Waals surface area contributed by atoms with Crippen LogP contribution in [0.2, 0.25) is 0 Å². The van der Waals surface area contributed by atoms with Gasteiger partial charge >= 0.3 is 17.9 Å². The fourth-order valence-electron chi connectivity index (χ4n) is 8.21. The summed E-state index contributed by atoms with van der Waals surface area (Å²) in [6, 6.07) is 0. The van der Waals surface area contributed by atoms with Crippen LogP contribution in [0.4, 0.5) is 0 Å². The van der Waals surface area contributed by atoms with Crippen LogP contribution in [0.15, 0.2) is 158 Å². The van der Waals surface area contributed by atoms with Crippen molar-refractivity contribution in [3.63, 3.8) is 0 Å². The summed E-state index contributed by atoms with van der Waals surface area (Å²) in [4.78, 5) is 38.2. The lowest BCUT2D eigenvalue weighted by Gasteiger charge is -2.18. The zero-order valence-corrected chi connectivity index (χ0v) is 50.8. The van der Waals surface area contributed by atoms with Crippen molar-refractivity contribution in [3.8, 4) is 0 Å². The topological polar surface area (TPSA) is 78.9 Å². The Kier molecular flexibility index (Phi) is 61.4. The number of unbranched alkanes of at least 4 members (excludes halogenated alkanes) is 19. The first kappa shape index (κ1) is 74.0. The van der Waals surface area contributed by atoms with Gasteiger partial charge in [0, 0.05) is 19.3 Å². The van der Waals surface area contributed by atoms with E-state index < -0.39 is 6.10 Å². The van der Waals surface area contributed by atoms with Crippen molar-refractivity contribution >= 4 is 17.9 Å². The van der Waals surface area contributed by atoms with E-state index in [2.05, 4.69) is 179 Å². The molecule has 1 atom stereocenters. The molecule has 0 rings (SSSR count). The summed E-state index contributed by atoms with van der Waals surface area (Å²) in [6.07, 6.45) is 95.4. The fraction of sp³-hybridized carbons (Fsp3) is 0.603. The second-order valence-electron chi connectivity index (χ2n) is 20.6. The number of rotatable bonds is 56. The molecule has 0 aliphatic carbocycles. The van der Waals surface area contributed by atoms with E-state index in [4.69, 9.17) is 14.2 Å². The molecule has 0 aromatic carbocycles. The monoisotopic (exact) mass is 1090 g/mol. The molecule has 1 unspecified atom stereocenters. The van der Waals surface area contributed by atoms with E-state index >= 15 is 0 Å². The van der Waals surface area contributed by atoms with Crippen LogP contribution in [-0.2, 0) is 28.6 Å². The summed E-state index contributed by atoms with van der Waals surface area (Å²) < 4.78 is 16.8. The van der Waals surface area contributed by atoms with Crippen molar-refractivity contribution in [1.29, 1.82) is 0 Å². The highest BCUT2D eigenvalue weighted by atomic mass is 16.6. The Bertz CT molecular complexity index is 1780. The molecular formula is C73H116O6. The van der Waals surface area contributed by atoms with Gasteiger partial charge in [0.15, 0.2) is 6.10 Å². The lowest BCUT2D eigenvalue weighted by atomic mass is 10.1. The lowest BCUT2D eigenvalue weighted by molar-refractivity contribution is -0.167. The van der Waals surface area contributed by atoms with Gasteiger partial charge in [-0.15, -0.1) is 0 Å². The van der Waals surface area contributed by atoms with Crippen molar-refractivity contribution in [2.75, 3.05) is 13.2 Å². The van der Waals surface area contributed by atoms with E-state index in [-0.39, 0.29) is 31.1 Å². The molecular weight excluding hydrogens is 973 g/mol. The van der Waals surface area contributed by atoms with Gasteiger partial charge in [-0.3, -0.25) is 14.4 Å². The van der Waals surface area contributed by atoms with Crippen molar-refractivity contribution in [3.05, 3.63) is 158 Å². The van der Waals surface area contributed by atoms with Crippen LogP contribution in [0.3, 0.4) is 0 Å². The Balaban J connectivity index is 4.36. The number of carbonyl (C=O) groups is 3. The smallest absolute Gasteiger partial charge is 0.306 e. The molecule has 79 heavy (non-hydrogen) atoms. The average molecular weight is 1090 g/mol. The van der Waals surface area contributed by atoms with Gasteiger partial charge in [-0.25, -0.2) is 0 Å². The first-order valence-electron chi connectivity index (χ1n) is 32.0. The lowest BCUT2D eigenvalue weighted by Crippen LogP contribution is -2.30. The van der Waals surface area contributed by atoms with E-state index in [0.29, 0.717) is 25.7 Å². The molecule has 0 saturated heterocycles. The molecule has 6 nitrogen and oxygen atoms in total. The van der Waals surface area contributed by atoms with Gasteiger partial charge in [0.25, 0.3) is 0 Å². The number of hydrogen-bond donors (Lipinski definition) is 0. The van der Waals surface area contributed by atoms with Gasteiger partial charge in [0.1, 0.15) is 13.2 Å². The summed E-state index contributed by atoms with van der Waals surface area (Å²) in [5.74, 6) is -0.973. The molecule has 0 aliphatic heterocycles. The zero-order chi connectivity index (χ0) is 57.1. The number of hydrogen-bond acceptors (Lipinski definition) is 6. The summed E-state index contributed by atoms with van der Waals surface area (Å²) in [6.45, 7) is 6.39. The summed E-state index contributed by atoms with van der Waals surface area (Å²) in [7, 11) is 0. The molecule has 0 fully saturated rings. The van der Waals surface area contributed by atoms with Crippen LogP contribution < -0.4 is 0 Å². The first-order valence-corrected chi connectivity index (χ1v) is 32.0. The number of carbonyl (C=O) groups excluding carboxylic acids is 3. The van der Waals surface area contributed by atoms with Crippen LogP contribution in [0, 0.1) is 0 Å². The molecule has 6 heteroatoms. The molecule has 0 amide bonds. The Morgan fingerprint density at radius 1 is 0.266 bits per heavy atom. The third-order valence-electron chi connectivity index (χ3n) is 13.0. The normalized spacial score (nSPS) is 13.2. The second kappa shape index (κ2) is 65.5. The average Bonchev–Trinajstić information content (AvgIpc) is 3.45. The Morgan fingerprint density at radius 3 is 0.861 bits per heavy atom. The molecule has 0 aromatic heterocycles. The van der Waals surface area contributed by atoms with Crippen molar-refractivity contribution in [2.24, 2.45) is 0 Å². The minimum absolute atomic E-state index is 0.105. The maximum atomic E-state index is 12.9. The number of esters is 3. The van der Waals surface area contributed by atoms with Gasteiger partial charge in [-0.1, -0.05) is 256 Å². The minimum atomic E-state index is -0.810. The predicted octanol–water partition coefficient (Wildman–Crippen LogP) is 22.1. The fourth-order valence-corrected chi connectivity index (χ4v) is 8.21. The molecule has 0 bridgehead atoms. The van der Waals surface area contributed by atoms with Crippen molar-refractivity contribution in [2.45, 2.75) is 271 Å². The maximum Gasteiger partial charge on any atom is 0.306 e. The molecule has 0 aliphatic rings. The van der Waals surface area contributed by atoms with E-state index in [0.717, 1.165) is 148 Å². The minimum Gasteiger partial charge on any atom is -0.462 e. The largest absolute Gasteiger partial charge is 0.462 e. The van der Waals surface area contributed by atoms with Crippen LogP contribution in [0.1, 0.15) is 265 Å². The Labute approximate surface area is 486 Å². The van der Waals surface area contributed by atoms with Gasteiger partial charge in [0.05, 0.1) is 0 Å². The molecule has 0 aromatic rings. The predicted molar refractivity (Wildman–Crippen MR) is 343 cm³/mol. The molecule has 0 saturated carbocycles.